The first-order valence-corrected chi connectivity index (χ1v) is 17.9. The van der Waals surface area contributed by atoms with Crippen LogP contribution in [-0.2, 0) is 24.0 Å². The van der Waals surface area contributed by atoms with Crippen molar-refractivity contribution in [2.75, 3.05) is 6.54 Å². The van der Waals surface area contributed by atoms with Crippen molar-refractivity contribution in [3.8, 4) is 0 Å². The maximum atomic E-state index is 14.4. The molecule has 0 radical (unpaired) electrons. The van der Waals surface area contributed by atoms with E-state index < -0.39 is 58.6 Å². The smallest absolute Gasteiger partial charge is 0.316 e. The van der Waals surface area contributed by atoms with Crippen molar-refractivity contribution in [1.29, 1.82) is 0 Å². The topological polar surface area (TPSA) is 180 Å². The summed E-state index contributed by atoms with van der Waals surface area (Å²) in [5, 5.41) is 11.7. The van der Waals surface area contributed by atoms with E-state index in [9.17, 15) is 28.8 Å². The Labute approximate surface area is 290 Å². The van der Waals surface area contributed by atoms with Gasteiger partial charge in [-0.1, -0.05) is 97.1 Å². The average Bonchev–Trinajstić information content (AvgIpc) is 3.75. The number of hydrogen-bond donors (Lipinski definition) is 5. The molecule has 2 unspecified atom stereocenters. The van der Waals surface area contributed by atoms with Crippen molar-refractivity contribution in [2.24, 2.45) is 28.9 Å². The third-order valence-electron chi connectivity index (χ3n) is 10.5. The first-order chi connectivity index (χ1) is 23.0. The number of likely N-dealkylation sites (tertiary alicyclic amines) is 1. The molecule has 270 valence electrons. The summed E-state index contributed by atoms with van der Waals surface area (Å²) >= 11 is 0. The normalized spacial score (nSPS) is 22.4. The maximum absolute atomic E-state index is 14.4. The molecule has 1 aliphatic heterocycles. The Balaban J connectivity index is 1.53. The summed E-state index contributed by atoms with van der Waals surface area (Å²) in [4.78, 5) is 81.9. The number of carbonyl (C=O) groups is 6. The van der Waals surface area contributed by atoms with Crippen LogP contribution in [0.4, 0.5) is 4.79 Å². The van der Waals surface area contributed by atoms with Crippen LogP contribution < -0.4 is 27.0 Å². The molecule has 6 N–H and O–H groups in total. The van der Waals surface area contributed by atoms with E-state index in [1.165, 1.54) is 4.90 Å². The molecule has 0 bridgehead atoms. The number of nitrogens with one attached hydrogen (secondary N) is 4. The lowest BCUT2D eigenvalue weighted by molar-refractivity contribution is -0.144. The standard InChI is InChI=1S/C37H56N6O6/c1-22(2)26-17-20-43(28(26)32(46)40-27(21-24-15-16-24)29(44)31(38)45)33(47)30(36(4,5)6)41-35(49)42-37(18-11-8-12-19-37)34(48)39-23(3)25-13-9-7-10-14-25/h7,9-10,13-14,22-24,26-28,30H,8,11-12,15-21H2,1-6H3,(H2,38,45)(H,39,48)(H,40,46)(H2,41,42,49)/t23-,26?,27?,28-,30+/m0/s1. The monoisotopic (exact) mass is 680 g/mol. The molecule has 5 atom stereocenters. The Morgan fingerprint density at radius 1 is 0.898 bits per heavy atom. The number of Topliss-reactive ketones (excluding diaryl/α,β-unsaturated/α-hetero) is 1. The van der Waals surface area contributed by atoms with E-state index in [0.717, 1.165) is 37.7 Å². The van der Waals surface area contributed by atoms with E-state index in [0.29, 0.717) is 25.7 Å². The van der Waals surface area contributed by atoms with Crippen LogP contribution >= 0.6 is 0 Å². The summed E-state index contributed by atoms with van der Waals surface area (Å²) in [6, 6.07) is 5.74. The SMILES string of the molecule is CC(C)C1CCN(C(=O)[C@@H](NC(=O)NC2(C(=O)N[C@@H](C)c3ccccc3)CCCCC2)C(C)(C)C)[C@@H]1C(=O)NC(CC1CC1)C(=O)C(N)=O. The minimum absolute atomic E-state index is 0.0366. The Kier molecular flexibility index (Phi) is 12.1. The van der Waals surface area contributed by atoms with Crippen molar-refractivity contribution >= 4 is 35.4 Å². The molecule has 4 rings (SSSR count). The minimum atomic E-state index is -1.14. The molecule has 1 heterocycles. The zero-order chi connectivity index (χ0) is 36.1. The highest BCUT2D eigenvalue weighted by atomic mass is 16.2. The van der Waals surface area contributed by atoms with Gasteiger partial charge in [-0.15, -0.1) is 0 Å². The fourth-order valence-corrected chi connectivity index (χ4v) is 7.37. The van der Waals surface area contributed by atoms with Gasteiger partial charge >= 0.3 is 6.03 Å². The van der Waals surface area contributed by atoms with Gasteiger partial charge in [0.1, 0.15) is 17.6 Å². The third kappa shape index (κ3) is 9.39. The van der Waals surface area contributed by atoms with Gasteiger partial charge in [0.05, 0.1) is 12.1 Å². The molecule has 0 aromatic heterocycles. The van der Waals surface area contributed by atoms with Crippen LogP contribution in [0.5, 0.6) is 0 Å². The molecule has 3 fully saturated rings. The summed E-state index contributed by atoms with van der Waals surface area (Å²) in [5.41, 5.74) is 4.37. The number of primary amides is 1. The van der Waals surface area contributed by atoms with Crippen molar-refractivity contribution in [3.63, 3.8) is 0 Å². The molecule has 0 spiro atoms. The molecule has 1 saturated heterocycles. The zero-order valence-corrected chi connectivity index (χ0v) is 30.0. The molecule has 1 aromatic carbocycles. The first-order valence-electron chi connectivity index (χ1n) is 17.9. The molecule has 49 heavy (non-hydrogen) atoms. The number of nitrogens with two attached hydrogens (primary N) is 1. The average molecular weight is 681 g/mol. The highest BCUT2D eigenvalue weighted by Crippen LogP contribution is 2.36. The Morgan fingerprint density at radius 2 is 1.53 bits per heavy atom. The van der Waals surface area contributed by atoms with Crippen LogP contribution in [0.15, 0.2) is 30.3 Å². The molecular formula is C37H56N6O6. The Morgan fingerprint density at radius 3 is 2.08 bits per heavy atom. The molecule has 2 aliphatic carbocycles. The van der Waals surface area contributed by atoms with E-state index in [-0.39, 0.29) is 36.2 Å². The fourth-order valence-electron chi connectivity index (χ4n) is 7.37. The fraction of sp³-hybridized carbons (Fsp3) is 0.676. The van der Waals surface area contributed by atoms with Crippen LogP contribution in [0.25, 0.3) is 0 Å². The lowest BCUT2D eigenvalue weighted by Gasteiger charge is -2.40. The lowest BCUT2D eigenvalue weighted by atomic mass is 9.80. The van der Waals surface area contributed by atoms with Gasteiger partial charge < -0.3 is 31.9 Å². The Hall–Kier alpha value is -3.96. The van der Waals surface area contributed by atoms with Gasteiger partial charge in [0.25, 0.3) is 5.91 Å². The second kappa shape index (κ2) is 15.7. The number of urea groups is 1. The van der Waals surface area contributed by atoms with E-state index >= 15 is 0 Å². The van der Waals surface area contributed by atoms with E-state index in [2.05, 4.69) is 21.3 Å². The van der Waals surface area contributed by atoms with Gasteiger partial charge in [-0.3, -0.25) is 24.0 Å². The summed E-state index contributed by atoms with van der Waals surface area (Å²) in [6.07, 6.45) is 6.16. The van der Waals surface area contributed by atoms with Gasteiger partial charge in [-0.25, -0.2) is 4.79 Å². The Bertz CT molecular complexity index is 1380. The second-order valence-corrected chi connectivity index (χ2v) is 15.8. The molecule has 12 nitrogen and oxygen atoms in total. The van der Waals surface area contributed by atoms with Crippen LogP contribution in [0.3, 0.4) is 0 Å². The second-order valence-electron chi connectivity index (χ2n) is 15.8. The maximum Gasteiger partial charge on any atom is 0.316 e. The third-order valence-corrected chi connectivity index (χ3v) is 10.5. The summed E-state index contributed by atoms with van der Waals surface area (Å²) in [7, 11) is 0. The predicted molar refractivity (Wildman–Crippen MR) is 186 cm³/mol. The van der Waals surface area contributed by atoms with Gasteiger partial charge in [0.15, 0.2) is 0 Å². The van der Waals surface area contributed by atoms with Gasteiger partial charge in [-0.2, -0.15) is 0 Å². The van der Waals surface area contributed by atoms with E-state index in [1.807, 2.05) is 71.9 Å². The summed E-state index contributed by atoms with van der Waals surface area (Å²) in [5.74, 6) is -3.08. The lowest BCUT2D eigenvalue weighted by Crippen LogP contribution is -2.65. The number of hydrogen-bond acceptors (Lipinski definition) is 6. The summed E-state index contributed by atoms with van der Waals surface area (Å²) < 4.78 is 0. The largest absolute Gasteiger partial charge is 0.363 e. The summed E-state index contributed by atoms with van der Waals surface area (Å²) in [6.45, 7) is 11.7. The minimum Gasteiger partial charge on any atom is -0.363 e. The number of rotatable bonds is 13. The van der Waals surface area contributed by atoms with Crippen LogP contribution in [-0.4, -0.2) is 70.6 Å². The molecule has 12 heteroatoms. The molecular weight excluding hydrogens is 624 g/mol. The van der Waals surface area contributed by atoms with Crippen LogP contribution in [0.1, 0.15) is 111 Å². The highest BCUT2D eigenvalue weighted by molar-refractivity contribution is 6.37. The van der Waals surface area contributed by atoms with E-state index in [4.69, 9.17) is 5.73 Å². The van der Waals surface area contributed by atoms with E-state index in [1.54, 1.807) is 0 Å². The molecule has 3 aliphatic rings. The van der Waals surface area contributed by atoms with Crippen molar-refractivity contribution in [3.05, 3.63) is 35.9 Å². The number of benzene rings is 1. The number of amides is 6. The van der Waals surface area contributed by atoms with Crippen molar-refractivity contribution in [2.45, 2.75) is 129 Å². The molecule has 1 aromatic rings. The number of nitrogens with zero attached hydrogens (tertiary/aromatic N) is 1. The van der Waals surface area contributed by atoms with Crippen molar-refractivity contribution in [1.82, 2.24) is 26.2 Å². The van der Waals surface area contributed by atoms with Gasteiger partial charge in [0, 0.05) is 6.54 Å². The van der Waals surface area contributed by atoms with Crippen LogP contribution in [0, 0.1) is 23.2 Å². The van der Waals surface area contributed by atoms with Crippen LogP contribution in [0.2, 0.25) is 0 Å². The van der Waals surface area contributed by atoms with Gasteiger partial charge in [0.2, 0.25) is 23.5 Å². The van der Waals surface area contributed by atoms with Crippen molar-refractivity contribution < 1.29 is 28.8 Å². The number of carbonyl (C=O) groups excluding carboxylic acids is 6. The number of ketones is 1. The van der Waals surface area contributed by atoms with Gasteiger partial charge in [-0.05, 0) is 61.3 Å². The zero-order valence-electron chi connectivity index (χ0n) is 30.0. The predicted octanol–water partition coefficient (Wildman–Crippen LogP) is 3.49. The molecule has 6 amide bonds. The molecule has 2 saturated carbocycles. The highest BCUT2D eigenvalue weighted by Gasteiger charge is 2.49. The quantitative estimate of drug-likeness (QED) is 0.199. The first kappa shape index (κ1) is 37.9.